The third-order valence-electron chi connectivity index (χ3n) is 3.94. The minimum atomic E-state index is -0.354. The minimum absolute atomic E-state index is 0.336. The van der Waals surface area contributed by atoms with Crippen LogP contribution in [0, 0.1) is 23.5 Å². The summed E-state index contributed by atoms with van der Waals surface area (Å²) in [7, 11) is 0. The number of aromatic nitrogens is 2. The monoisotopic (exact) mass is 318 g/mol. The van der Waals surface area contributed by atoms with Crippen LogP contribution in [0.5, 0.6) is 0 Å². The first-order valence-electron chi connectivity index (χ1n) is 7.46. The van der Waals surface area contributed by atoms with Crippen molar-refractivity contribution in [3.63, 3.8) is 0 Å². The van der Waals surface area contributed by atoms with E-state index >= 15 is 0 Å². The summed E-state index contributed by atoms with van der Waals surface area (Å²) in [4.78, 5) is 7.66. The fourth-order valence-electron chi connectivity index (χ4n) is 2.88. The first-order valence-corrected chi connectivity index (χ1v) is 7.46. The second-order valence-corrected chi connectivity index (χ2v) is 5.49. The predicted octanol–water partition coefficient (Wildman–Crippen LogP) is 5.03. The van der Waals surface area contributed by atoms with Crippen molar-refractivity contribution in [3.05, 3.63) is 65.9 Å². The molecule has 0 radical (unpaired) electrons. The van der Waals surface area contributed by atoms with Crippen molar-refractivity contribution >= 4 is 21.8 Å². The van der Waals surface area contributed by atoms with Gasteiger partial charge in [-0.15, -0.1) is 5.92 Å². The fraction of sp³-hybridized carbons (Fsp3) is 0.0500. The van der Waals surface area contributed by atoms with Crippen molar-refractivity contribution in [2.75, 3.05) is 0 Å². The Morgan fingerprint density at radius 1 is 1.00 bits per heavy atom. The third-order valence-corrected chi connectivity index (χ3v) is 3.94. The highest BCUT2D eigenvalue weighted by atomic mass is 19.1. The van der Waals surface area contributed by atoms with Gasteiger partial charge in [0.25, 0.3) is 0 Å². The number of hydrogen-bond acceptors (Lipinski definition) is 1. The Kier molecular flexibility index (Phi) is 3.28. The molecule has 24 heavy (non-hydrogen) atoms. The Hall–Kier alpha value is -3.19. The Morgan fingerprint density at radius 2 is 1.83 bits per heavy atom. The van der Waals surface area contributed by atoms with E-state index < -0.39 is 0 Å². The van der Waals surface area contributed by atoms with E-state index in [2.05, 4.69) is 21.8 Å². The summed E-state index contributed by atoms with van der Waals surface area (Å²) in [6.45, 7) is 1.71. The van der Waals surface area contributed by atoms with Gasteiger partial charge in [-0.25, -0.2) is 13.8 Å². The van der Waals surface area contributed by atoms with Crippen molar-refractivity contribution in [2.45, 2.75) is 6.92 Å². The van der Waals surface area contributed by atoms with Gasteiger partial charge in [-0.05, 0) is 37.3 Å². The predicted molar refractivity (Wildman–Crippen MR) is 91.5 cm³/mol. The van der Waals surface area contributed by atoms with Gasteiger partial charge in [0, 0.05) is 28.6 Å². The molecular weight excluding hydrogens is 306 g/mol. The molecule has 2 nitrogen and oxygen atoms in total. The molecular formula is C20H12F2N2. The number of H-pyrrole nitrogens is 1. The quantitative estimate of drug-likeness (QED) is 0.490. The van der Waals surface area contributed by atoms with E-state index in [1.165, 1.54) is 24.3 Å². The van der Waals surface area contributed by atoms with Gasteiger partial charge < -0.3 is 4.98 Å². The van der Waals surface area contributed by atoms with Crippen molar-refractivity contribution < 1.29 is 8.78 Å². The average molecular weight is 318 g/mol. The minimum Gasteiger partial charge on any atom is -0.359 e. The first-order chi connectivity index (χ1) is 11.7. The van der Waals surface area contributed by atoms with Gasteiger partial charge in [-0.2, -0.15) is 0 Å². The zero-order valence-electron chi connectivity index (χ0n) is 12.8. The number of nitrogens with zero attached hydrogens (tertiary/aromatic N) is 1. The highest BCUT2D eigenvalue weighted by Crippen LogP contribution is 2.31. The number of fused-ring (bicyclic) bond motifs is 2. The Bertz CT molecular complexity index is 1150. The van der Waals surface area contributed by atoms with Crippen LogP contribution in [-0.2, 0) is 0 Å². The van der Waals surface area contributed by atoms with E-state index in [0.717, 1.165) is 16.5 Å². The van der Waals surface area contributed by atoms with Crippen molar-refractivity contribution in [1.82, 2.24) is 9.97 Å². The maximum Gasteiger partial charge on any atom is 0.125 e. The molecule has 1 N–H and O–H groups in total. The maximum absolute atomic E-state index is 13.9. The maximum atomic E-state index is 13.9. The lowest BCUT2D eigenvalue weighted by Crippen LogP contribution is -1.87. The Morgan fingerprint density at radius 3 is 2.67 bits per heavy atom. The molecule has 4 rings (SSSR count). The molecule has 0 spiro atoms. The second-order valence-electron chi connectivity index (χ2n) is 5.49. The SMILES string of the molecule is CC#Cc1cc(F)cc2c(-c3ccc4ccc(F)cc4n3)c[nH]c12. The standard InChI is InChI=1S/C20H12F2N2/c1-2-3-13-8-15(22)9-16-17(11-23-20(13)16)18-7-5-12-4-6-14(21)10-19(12)24-18/h4-11,23H,1H3. The van der Waals surface area contributed by atoms with Gasteiger partial charge in [0.15, 0.2) is 0 Å². The molecule has 0 atom stereocenters. The Balaban J connectivity index is 1.97. The van der Waals surface area contributed by atoms with E-state index in [9.17, 15) is 8.78 Å². The van der Waals surface area contributed by atoms with Crippen LogP contribution in [0.4, 0.5) is 8.78 Å². The molecule has 2 aromatic heterocycles. The lowest BCUT2D eigenvalue weighted by molar-refractivity contribution is 0.629. The summed E-state index contributed by atoms with van der Waals surface area (Å²) in [5.74, 6) is 5.00. The number of hydrogen-bond donors (Lipinski definition) is 1. The van der Waals surface area contributed by atoms with Crippen LogP contribution in [0.15, 0.2) is 48.7 Å². The summed E-state index contributed by atoms with van der Waals surface area (Å²) >= 11 is 0. The number of halogens is 2. The van der Waals surface area contributed by atoms with Gasteiger partial charge in [0.2, 0.25) is 0 Å². The van der Waals surface area contributed by atoms with Gasteiger partial charge in [-0.3, -0.25) is 0 Å². The van der Waals surface area contributed by atoms with Crippen molar-refractivity contribution in [3.8, 4) is 23.1 Å². The summed E-state index contributed by atoms with van der Waals surface area (Å²) in [5.41, 5.74) is 3.34. The van der Waals surface area contributed by atoms with Crippen LogP contribution in [0.25, 0.3) is 33.1 Å². The molecule has 0 aliphatic heterocycles. The summed E-state index contributed by atoms with van der Waals surface area (Å²) in [6.07, 6.45) is 1.78. The molecule has 0 fully saturated rings. The molecule has 2 heterocycles. The normalized spacial score (nSPS) is 10.8. The topological polar surface area (TPSA) is 28.7 Å². The van der Waals surface area contributed by atoms with E-state index in [0.29, 0.717) is 22.2 Å². The zero-order chi connectivity index (χ0) is 16.7. The zero-order valence-corrected chi connectivity index (χ0v) is 12.8. The van der Waals surface area contributed by atoms with Gasteiger partial charge in [0.1, 0.15) is 11.6 Å². The van der Waals surface area contributed by atoms with Crippen LogP contribution in [0.3, 0.4) is 0 Å². The first kappa shape index (κ1) is 14.4. The summed E-state index contributed by atoms with van der Waals surface area (Å²) in [6, 6.07) is 11.1. The molecule has 2 aromatic carbocycles. The van der Waals surface area contributed by atoms with Crippen LogP contribution in [0.2, 0.25) is 0 Å². The summed E-state index contributed by atoms with van der Waals surface area (Å²) < 4.78 is 27.4. The fourth-order valence-corrected chi connectivity index (χ4v) is 2.88. The lowest BCUT2D eigenvalue weighted by Gasteiger charge is -2.03. The molecule has 0 saturated carbocycles. The number of aromatic amines is 1. The molecule has 0 unspecified atom stereocenters. The second kappa shape index (κ2) is 5.47. The van der Waals surface area contributed by atoms with E-state index in [-0.39, 0.29) is 11.6 Å². The van der Waals surface area contributed by atoms with Gasteiger partial charge in [-0.1, -0.05) is 12.0 Å². The van der Waals surface area contributed by atoms with Crippen molar-refractivity contribution in [1.29, 1.82) is 0 Å². The van der Waals surface area contributed by atoms with Gasteiger partial charge in [0.05, 0.1) is 22.3 Å². The number of pyridine rings is 1. The molecule has 0 amide bonds. The van der Waals surface area contributed by atoms with Crippen LogP contribution < -0.4 is 0 Å². The number of nitrogens with one attached hydrogen (secondary N) is 1. The third kappa shape index (κ3) is 2.31. The molecule has 4 aromatic rings. The molecule has 116 valence electrons. The molecule has 0 saturated heterocycles. The molecule has 4 heteroatoms. The average Bonchev–Trinajstić information content (AvgIpc) is 2.98. The Labute approximate surface area is 137 Å². The molecule has 0 aliphatic rings. The van der Waals surface area contributed by atoms with E-state index in [4.69, 9.17) is 0 Å². The lowest BCUT2D eigenvalue weighted by atomic mass is 10.1. The molecule has 0 bridgehead atoms. The van der Waals surface area contributed by atoms with Crippen molar-refractivity contribution in [2.24, 2.45) is 0 Å². The highest BCUT2D eigenvalue weighted by Gasteiger charge is 2.12. The van der Waals surface area contributed by atoms with Gasteiger partial charge >= 0.3 is 0 Å². The van der Waals surface area contributed by atoms with Crippen LogP contribution >= 0.6 is 0 Å². The largest absolute Gasteiger partial charge is 0.359 e. The highest BCUT2D eigenvalue weighted by molar-refractivity contribution is 5.98. The van der Waals surface area contributed by atoms with Crippen LogP contribution in [0.1, 0.15) is 12.5 Å². The van der Waals surface area contributed by atoms with Crippen LogP contribution in [-0.4, -0.2) is 9.97 Å². The smallest absolute Gasteiger partial charge is 0.125 e. The number of benzene rings is 2. The molecule has 0 aliphatic carbocycles. The summed E-state index contributed by atoms with van der Waals surface area (Å²) in [5, 5.41) is 1.56. The van der Waals surface area contributed by atoms with E-state index in [1.807, 2.05) is 12.1 Å². The van der Waals surface area contributed by atoms with E-state index in [1.54, 1.807) is 19.2 Å². The number of rotatable bonds is 1.